The Morgan fingerprint density at radius 3 is 2.80 bits per heavy atom. The molecule has 0 spiro atoms. The summed E-state index contributed by atoms with van der Waals surface area (Å²) in [5.74, 6) is 0. The van der Waals surface area contributed by atoms with Crippen molar-refractivity contribution < 1.29 is 0 Å². The van der Waals surface area contributed by atoms with Crippen molar-refractivity contribution in [3.8, 4) is 11.3 Å². The second-order valence-electron chi connectivity index (χ2n) is 4.22. The lowest BCUT2D eigenvalue weighted by Gasteiger charge is -2.08. The van der Waals surface area contributed by atoms with Crippen molar-refractivity contribution in [3.05, 3.63) is 59.8 Å². The molecule has 0 saturated heterocycles. The van der Waals surface area contributed by atoms with Crippen LogP contribution in [-0.4, -0.2) is 20.2 Å². The molecule has 0 bridgehead atoms. The maximum Gasteiger partial charge on any atom is 0.0718 e. The van der Waals surface area contributed by atoms with Gasteiger partial charge < -0.3 is 5.32 Å². The van der Waals surface area contributed by atoms with E-state index in [4.69, 9.17) is 11.6 Å². The van der Waals surface area contributed by atoms with Crippen LogP contribution in [0.3, 0.4) is 0 Å². The lowest BCUT2D eigenvalue weighted by atomic mass is 10.1. The Hall–Kier alpha value is -2.40. The monoisotopic (exact) mass is 285 g/mol. The summed E-state index contributed by atoms with van der Waals surface area (Å²) in [6.45, 7) is 0.603. The van der Waals surface area contributed by atoms with E-state index < -0.39 is 0 Å². The molecule has 0 aromatic carbocycles. The first-order chi connectivity index (χ1) is 9.84. The molecule has 0 aliphatic carbocycles. The molecular weight excluding hydrogens is 274 g/mol. The Morgan fingerprint density at radius 2 is 2.00 bits per heavy atom. The Kier molecular flexibility index (Phi) is 3.60. The van der Waals surface area contributed by atoms with Gasteiger partial charge in [0.25, 0.3) is 0 Å². The van der Waals surface area contributed by atoms with Gasteiger partial charge in [-0.15, -0.1) is 0 Å². The maximum atomic E-state index is 6.09. The number of nitrogens with one attached hydrogen (secondary N) is 2. The van der Waals surface area contributed by atoms with Crippen LogP contribution in [0, 0.1) is 0 Å². The quantitative estimate of drug-likeness (QED) is 0.773. The molecule has 0 atom stereocenters. The molecule has 3 aromatic heterocycles. The standard InChI is InChI=1S/C14H12ClN5/c15-12-3-5-17-9-13(12)18-7-11-8-19-20-14(11)10-2-1-4-16-6-10/h1-6,8-9,18H,7H2,(H,19,20). The third kappa shape index (κ3) is 2.62. The summed E-state index contributed by atoms with van der Waals surface area (Å²) in [6, 6.07) is 5.63. The minimum atomic E-state index is 0.603. The van der Waals surface area contributed by atoms with Gasteiger partial charge in [-0.1, -0.05) is 11.6 Å². The number of hydrogen-bond donors (Lipinski definition) is 2. The molecule has 3 heterocycles. The zero-order valence-corrected chi connectivity index (χ0v) is 11.3. The fraction of sp³-hybridized carbons (Fsp3) is 0.0714. The molecular formula is C14H12ClN5. The second-order valence-corrected chi connectivity index (χ2v) is 4.63. The first kappa shape index (κ1) is 12.6. The highest BCUT2D eigenvalue weighted by atomic mass is 35.5. The number of nitrogens with zero attached hydrogens (tertiary/aromatic N) is 3. The highest BCUT2D eigenvalue weighted by Gasteiger charge is 2.08. The molecule has 0 unspecified atom stereocenters. The molecule has 0 aliphatic rings. The van der Waals surface area contributed by atoms with E-state index in [0.717, 1.165) is 22.5 Å². The molecule has 0 fully saturated rings. The maximum absolute atomic E-state index is 6.09. The number of aromatic nitrogens is 4. The first-order valence-corrected chi connectivity index (χ1v) is 6.48. The molecule has 0 amide bonds. The van der Waals surface area contributed by atoms with Crippen LogP contribution in [0.25, 0.3) is 11.3 Å². The van der Waals surface area contributed by atoms with E-state index in [-0.39, 0.29) is 0 Å². The van der Waals surface area contributed by atoms with Crippen LogP contribution >= 0.6 is 11.6 Å². The third-order valence-electron chi connectivity index (χ3n) is 2.91. The van der Waals surface area contributed by atoms with E-state index in [2.05, 4.69) is 25.5 Å². The third-order valence-corrected chi connectivity index (χ3v) is 3.23. The van der Waals surface area contributed by atoms with E-state index >= 15 is 0 Å². The second kappa shape index (κ2) is 5.71. The number of aromatic amines is 1. The summed E-state index contributed by atoms with van der Waals surface area (Å²) >= 11 is 6.09. The summed E-state index contributed by atoms with van der Waals surface area (Å²) in [5, 5.41) is 11.0. The molecule has 0 radical (unpaired) electrons. The first-order valence-electron chi connectivity index (χ1n) is 6.10. The van der Waals surface area contributed by atoms with Crippen molar-refractivity contribution in [1.82, 2.24) is 20.2 Å². The Labute approximate surface area is 121 Å². The number of pyridine rings is 2. The molecule has 2 N–H and O–H groups in total. The largest absolute Gasteiger partial charge is 0.378 e. The van der Waals surface area contributed by atoms with Gasteiger partial charge in [-0.25, -0.2) is 0 Å². The Morgan fingerprint density at radius 1 is 1.10 bits per heavy atom. The topological polar surface area (TPSA) is 66.5 Å². The summed E-state index contributed by atoms with van der Waals surface area (Å²) in [4.78, 5) is 8.16. The van der Waals surface area contributed by atoms with Gasteiger partial charge in [0.15, 0.2) is 0 Å². The van der Waals surface area contributed by atoms with Crippen molar-refractivity contribution >= 4 is 17.3 Å². The van der Waals surface area contributed by atoms with Crippen molar-refractivity contribution in [2.24, 2.45) is 0 Å². The number of anilines is 1. The highest BCUT2D eigenvalue weighted by molar-refractivity contribution is 6.33. The van der Waals surface area contributed by atoms with E-state index in [9.17, 15) is 0 Å². The van der Waals surface area contributed by atoms with Gasteiger partial charge in [0.05, 0.1) is 28.8 Å². The van der Waals surface area contributed by atoms with E-state index in [1.807, 2.05) is 12.1 Å². The smallest absolute Gasteiger partial charge is 0.0718 e. The normalized spacial score (nSPS) is 10.4. The van der Waals surface area contributed by atoms with Crippen LogP contribution in [0.1, 0.15) is 5.56 Å². The molecule has 5 nitrogen and oxygen atoms in total. The van der Waals surface area contributed by atoms with Crippen LogP contribution in [0.4, 0.5) is 5.69 Å². The fourth-order valence-corrected chi connectivity index (χ4v) is 2.08. The molecule has 20 heavy (non-hydrogen) atoms. The van der Waals surface area contributed by atoms with Gasteiger partial charge in [0.2, 0.25) is 0 Å². The summed E-state index contributed by atoms with van der Waals surface area (Å²) < 4.78 is 0. The van der Waals surface area contributed by atoms with Crippen LogP contribution < -0.4 is 5.32 Å². The molecule has 0 aliphatic heterocycles. The Bertz CT molecular complexity index is 696. The highest BCUT2D eigenvalue weighted by Crippen LogP contribution is 2.23. The lowest BCUT2D eigenvalue weighted by molar-refractivity contribution is 1.09. The van der Waals surface area contributed by atoms with E-state index in [1.165, 1.54) is 0 Å². The minimum Gasteiger partial charge on any atom is -0.378 e. The summed E-state index contributed by atoms with van der Waals surface area (Å²) in [5.41, 5.74) is 3.79. The molecule has 100 valence electrons. The van der Waals surface area contributed by atoms with Crippen molar-refractivity contribution in [2.45, 2.75) is 6.54 Å². The fourth-order valence-electron chi connectivity index (χ4n) is 1.90. The van der Waals surface area contributed by atoms with Gasteiger partial charge in [-0.2, -0.15) is 5.10 Å². The molecule has 3 rings (SSSR count). The number of hydrogen-bond acceptors (Lipinski definition) is 4. The van der Waals surface area contributed by atoms with Gasteiger partial charge in [0.1, 0.15) is 0 Å². The zero-order chi connectivity index (χ0) is 13.8. The predicted molar refractivity (Wildman–Crippen MR) is 78.4 cm³/mol. The molecule has 0 saturated carbocycles. The molecule has 3 aromatic rings. The summed E-state index contributed by atoms with van der Waals surface area (Å²) in [7, 11) is 0. The predicted octanol–water partition coefficient (Wildman–Crippen LogP) is 3.13. The average Bonchev–Trinajstić information content (AvgIpc) is 2.96. The Balaban J connectivity index is 1.80. The number of H-pyrrole nitrogens is 1. The number of halogens is 1. The van der Waals surface area contributed by atoms with Crippen molar-refractivity contribution in [2.75, 3.05) is 5.32 Å². The van der Waals surface area contributed by atoms with Crippen molar-refractivity contribution in [3.63, 3.8) is 0 Å². The lowest BCUT2D eigenvalue weighted by Crippen LogP contribution is -2.01. The zero-order valence-electron chi connectivity index (χ0n) is 10.5. The van der Waals surface area contributed by atoms with Crippen LogP contribution in [0.5, 0.6) is 0 Å². The molecule has 6 heteroatoms. The van der Waals surface area contributed by atoms with Crippen molar-refractivity contribution in [1.29, 1.82) is 0 Å². The van der Waals surface area contributed by atoms with Crippen LogP contribution in [-0.2, 0) is 6.54 Å². The van der Waals surface area contributed by atoms with Gasteiger partial charge in [-0.05, 0) is 18.2 Å². The van der Waals surface area contributed by atoms with Crippen LogP contribution in [0.2, 0.25) is 5.02 Å². The van der Waals surface area contributed by atoms with E-state index in [1.54, 1.807) is 37.1 Å². The van der Waals surface area contributed by atoms with Gasteiger partial charge >= 0.3 is 0 Å². The number of rotatable bonds is 4. The minimum absolute atomic E-state index is 0.603. The van der Waals surface area contributed by atoms with Gasteiger partial charge in [0, 0.05) is 36.3 Å². The average molecular weight is 286 g/mol. The van der Waals surface area contributed by atoms with Gasteiger partial charge in [-0.3, -0.25) is 15.1 Å². The summed E-state index contributed by atoms with van der Waals surface area (Å²) in [6.07, 6.45) is 8.69. The SMILES string of the molecule is Clc1ccncc1NCc1cn[nH]c1-c1cccnc1. The van der Waals surface area contributed by atoms with E-state index in [0.29, 0.717) is 11.6 Å². The van der Waals surface area contributed by atoms with Crippen LogP contribution in [0.15, 0.2) is 49.2 Å².